The van der Waals surface area contributed by atoms with Gasteiger partial charge in [0, 0.05) is 17.2 Å². The molecule has 2 aromatic carbocycles. The molecule has 0 saturated heterocycles. The average Bonchev–Trinajstić information content (AvgIpc) is 2.44. The van der Waals surface area contributed by atoms with Crippen molar-refractivity contribution in [2.45, 2.75) is 0 Å². The summed E-state index contributed by atoms with van der Waals surface area (Å²) in [6.07, 6.45) is 0. The molecule has 0 radical (unpaired) electrons. The first-order valence-corrected chi connectivity index (χ1v) is 7.38. The van der Waals surface area contributed by atoms with Crippen LogP contribution in [0.15, 0.2) is 36.4 Å². The van der Waals surface area contributed by atoms with Crippen LogP contribution in [-0.2, 0) is 0 Å². The molecule has 2 rings (SSSR count). The van der Waals surface area contributed by atoms with Crippen molar-refractivity contribution in [3.8, 4) is 0 Å². The number of thiocarbonyl (C=S) groups is 1. The molecule has 5 nitrogen and oxygen atoms in total. The van der Waals surface area contributed by atoms with Crippen molar-refractivity contribution in [3.05, 3.63) is 61.6 Å². The Bertz CT molecular complexity index is 755. The lowest BCUT2D eigenvalue weighted by Gasteiger charge is -2.12. The number of hydrogen-bond acceptors (Lipinski definition) is 3. The first-order chi connectivity index (χ1) is 10.4. The van der Waals surface area contributed by atoms with Crippen molar-refractivity contribution in [2.24, 2.45) is 0 Å². The predicted molar refractivity (Wildman–Crippen MR) is 94.4 cm³/mol. The number of nitrogens with zero attached hydrogens (tertiary/aromatic N) is 1. The fraction of sp³-hybridized carbons (Fsp3) is 0. The Labute approximate surface area is 146 Å². The maximum Gasteiger partial charge on any atom is 0.271 e. The van der Waals surface area contributed by atoms with Crippen LogP contribution < -0.4 is 10.6 Å². The minimum atomic E-state index is -0.528. The van der Waals surface area contributed by atoms with Gasteiger partial charge in [0.05, 0.1) is 26.3 Å². The lowest BCUT2D eigenvalue weighted by Crippen LogP contribution is -2.19. The molecule has 0 aliphatic heterocycles. The zero-order chi connectivity index (χ0) is 16.3. The molecular weight excluding hydrogens is 369 g/mol. The van der Waals surface area contributed by atoms with Crippen molar-refractivity contribution < 1.29 is 4.92 Å². The molecule has 0 heterocycles. The van der Waals surface area contributed by atoms with E-state index in [-0.39, 0.29) is 15.8 Å². The Morgan fingerprint density at radius 2 is 1.55 bits per heavy atom. The summed E-state index contributed by atoms with van der Waals surface area (Å²) in [7, 11) is 0. The molecule has 0 atom stereocenters. The lowest BCUT2D eigenvalue weighted by molar-refractivity contribution is -0.384. The summed E-state index contributed by atoms with van der Waals surface area (Å²) in [5.74, 6) is 0. The normalized spacial score (nSPS) is 10.1. The molecule has 0 unspecified atom stereocenters. The van der Waals surface area contributed by atoms with Gasteiger partial charge in [-0.05, 0) is 36.5 Å². The minimum Gasteiger partial charge on any atom is -0.331 e. The second-order valence-electron chi connectivity index (χ2n) is 4.12. The Morgan fingerprint density at radius 1 is 1.00 bits per heavy atom. The van der Waals surface area contributed by atoms with E-state index < -0.39 is 4.92 Å². The van der Waals surface area contributed by atoms with E-state index in [0.717, 1.165) is 0 Å². The third kappa shape index (κ3) is 4.20. The molecule has 9 heteroatoms. The largest absolute Gasteiger partial charge is 0.331 e. The standard InChI is InChI=1S/C13H8Cl3N3O2S/c14-7-1-3-11(9(15)5-7)17-13(22)18-12-4-2-8(19(20)21)6-10(12)16/h1-6H,(H2,17,18,22). The first kappa shape index (κ1) is 16.8. The van der Waals surface area contributed by atoms with Crippen molar-refractivity contribution in [2.75, 3.05) is 10.6 Å². The van der Waals surface area contributed by atoms with Crippen LogP contribution in [0.1, 0.15) is 0 Å². The van der Waals surface area contributed by atoms with E-state index in [9.17, 15) is 10.1 Å². The molecule has 0 bridgehead atoms. The Balaban J connectivity index is 2.10. The van der Waals surface area contributed by atoms with E-state index in [1.165, 1.54) is 18.2 Å². The van der Waals surface area contributed by atoms with Crippen LogP contribution >= 0.6 is 47.0 Å². The fourth-order valence-corrected chi connectivity index (χ4v) is 2.48. The van der Waals surface area contributed by atoms with Crippen LogP contribution in [0.25, 0.3) is 0 Å². The summed E-state index contributed by atoms with van der Waals surface area (Å²) in [6, 6.07) is 8.95. The fourth-order valence-electron chi connectivity index (χ4n) is 1.59. The number of anilines is 2. The quantitative estimate of drug-likeness (QED) is 0.428. The van der Waals surface area contributed by atoms with E-state index in [1.807, 2.05) is 0 Å². The van der Waals surface area contributed by atoms with Gasteiger partial charge in [-0.15, -0.1) is 0 Å². The zero-order valence-electron chi connectivity index (χ0n) is 10.8. The number of nitro benzene ring substituents is 1. The van der Waals surface area contributed by atoms with E-state index in [1.54, 1.807) is 18.2 Å². The van der Waals surface area contributed by atoms with Crippen LogP contribution in [0.4, 0.5) is 17.1 Å². The highest BCUT2D eigenvalue weighted by Gasteiger charge is 2.11. The van der Waals surface area contributed by atoms with Crippen LogP contribution in [0, 0.1) is 10.1 Å². The van der Waals surface area contributed by atoms with Gasteiger partial charge in [0.15, 0.2) is 5.11 Å². The smallest absolute Gasteiger partial charge is 0.271 e. The van der Waals surface area contributed by atoms with Crippen molar-refractivity contribution >= 4 is 69.2 Å². The van der Waals surface area contributed by atoms with Crippen molar-refractivity contribution in [1.82, 2.24) is 0 Å². The van der Waals surface area contributed by atoms with Gasteiger partial charge in [0.1, 0.15) is 0 Å². The van der Waals surface area contributed by atoms with Gasteiger partial charge in [-0.25, -0.2) is 0 Å². The molecular formula is C13H8Cl3N3O2S. The maximum absolute atomic E-state index is 10.7. The second-order valence-corrected chi connectivity index (χ2v) is 5.78. The lowest BCUT2D eigenvalue weighted by atomic mass is 10.3. The summed E-state index contributed by atoms with van der Waals surface area (Å²) in [5, 5.41) is 17.7. The maximum atomic E-state index is 10.7. The summed E-state index contributed by atoms with van der Waals surface area (Å²) in [4.78, 5) is 10.1. The molecule has 2 N–H and O–H groups in total. The number of nitro groups is 1. The minimum absolute atomic E-state index is 0.102. The van der Waals surface area contributed by atoms with Crippen LogP contribution in [-0.4, -0.2) is 10.0 Å². The van der Waals surface area contributed by atoms with Gasteiger partial charge in [-0.3, -0.25) is 10.1 Å². The number of halogens is 3. The van der Waals surface area contributed by atoms with Crippen molar-refractivity contribution in [1.29, 1.82) is 0 Å². The summed E-state index contributed by atoms with van der Waals surface area (Å²) in [5.41, 5.74) is 0.909. The van der Waals surface area contributed by atoms with Gasteiger partial charge in [0.25, 0.3) is 5.69 Å². The Kier molecular flexibility index (Phi) is 5.42. The number of rotatable bonds is 3. The molecule has 0 aliphatic carbocycles. The first-order valence-electron chi connectivity index (χ1n) is 5.84. The molecule has 22 heavy (non-hydrogen) atoms. The van der Waals surface area contributed by atoms with Crippen LogP contribution in [0.3, 0.4) is 0 Å². The summed E-state index contributed by atoms with van der Waals surface area (Å²) >= 11 is 23.0. The van der Waals surface area contributed by atoms with E-state index >= 15 is 0 Å². The highest BCUT2D eigenvalue weighted by Crippen LogP contribution is 2.28. The zero-order valence-corrected chi connectivity index (χ0v) is 13.9. The molecule has 0 fully saturated rings. The Morgan fingerprint density at radius 3 is 2.05 bits per heavy atom. The van der Waals surface area contributed by atoms with Gasteiger partial charge in [0.2, 0.25) is 0 Å². The SMILES string of the molecule is O=[N+]([O-])c1ccc(NC(=S)Nc2ccc(Cl)cc2Cl)c(Cl)c1. The predicted octanol–water partition coefficient (Wildman–Crippen LogP) is 5.36. The van der Waals surface area contributed by atoms with Crippen molar-refractivity contribution in [3.63, 3.8) is 0 Å². The van der Waals surface area contributed by atoms with Gasteiger partial charge in [-0.2, -0.15) is 0 Å². The topological polar surface area (TPSA) is 67.2 Å². The molecule has 114 valence electrons. The van der Waals surface area contributed by atoms with Gasteiger partial charge < -0.3 is 10.6 Å². The number of non-ortho nitro benzene ring substituents is 1. The third-order valence-corrected chi connectivity index (χ3v) is 3.66. The monoisotopic (exact) mass is 375 g/mol. The summed E-state index contributed by atoms with van der Waals surface area (Å²) < 4.78 is 0. The Hall–Kier alpha value is -1.60. The van der Waals surface area contributed by atoms with E-state index in [2.05, 4.69) is 10.6 Å². The second kappa shape index (κ2) is 7.11. The molecule has 2 aromatic rings. The summed E-state index contributed by atoms with van der Waals surface area (Å²) in [6.45, 7) is 0. The highest BCUT2D eigenvalue weighted by molar-refractivity contribution is 7.80. The third-order valence-electron chi connectivity index (χ3n) is 2.59. The average molecular weight is 377 g/mol. The van der Waals surface area contributed by atoms with Gasteiger partial charge in [-0.1, -0.05) is 34.8 Å². The molecule has 0 amide bonds. The van der Waals surface area contributed by atoms with E-state index in [4.69, 9.17) is 47.0 Å². The van der Waals surface area contributed by atoms with Crippen LogP contribution in [0.5, 0.6) is 0 Å². The molecule has 0 saturated carbocycles. The number of benzene rings is 2. The van der Waals surface area contributed by atoms with Gasteiger partial charge >= 0.3 is 0 Å². The number of hydrogen-bond donors (Lipinski definition) is 2. The van der Waals surface area contributed by atoms with Crippen LogP contribution in [0.2, 0.25) is 15.1 Å². The molecule has 0 spiro atoms. The van der Waals surface area contributed by atoms with E-state index in [0.29, 0.717) is 21.4 Å². The molecule has 0 aromatic heterocycles. The highest BCUT2D eigenvalue weighted by atomic mass is 35.5. The number of nitrogens with one attached hydrogen (secondary N) is 2. The molecule has 0 aliphatic rings.